The summed E-state index contributed by atoms with van der Waals surface area (Å²) < 4.78 is 6.45. The van der Waals surface area contributed by atoms with Gasteiger partial charge < -0.3 is 10.1 Å². The first-order chi connectivity index (χ1) is 9.22. The standard InChI is InChI=1S/C11H11N5O2S/c1-6-8(10(17)18-2)9(7-3-4-19-5-7)16-11(12-6)13-14-15-16/h3-5,9H,1-2H3,(H,12,13,15)/t9-/m1/s1. The lowest BCUT2D eigenvalue weighted by Gasteiger charge is -2.26. The van der Waals surface area contributed by atoms with Gasteiger partial charge in [-0.2, -0.15) is 16.0 Å². The molecule has 0 amide bonds. The molecule has 2 aromatic rings. The second kappa shape index (κ2) is 4.47. The first-order valence-electron chi connectivity index (χ1n) is 5.58. The summed E-state index contributed by atoms with van der Waals surface area (Å²) in [5.74, 6) is 0.128. The van der Waals surface area contributed by atoms with Gasteiger partial charge in [0.05, 0.1) is 12.7 Å². The first-order valence-corrected chi connectivity index (χ1v) is 6.52. The summed E-state index contributed by atoms with van der Waals surface area (Å²) in [6, 6.07) is 1.59. The molecule has 0 saturated carbocycles. The number of esters is 1. The molecule has 2 aromatic heterocycles. The number of hydrogen-bond acceptors (Lipinski definition) is 7. The average molecular weight is 277 g/mol. The van der Waals surface area contributed by atoms with Crippen LogP contribution in [0, 0.1) is 0 Å². The molecular formula is C11H11N5O2S. The van der Waals surface area contributed by atoms with E-state index in [1.54, 1.807) is 16.0 Å². The van der Waals surface area contributed by atoms with Gasteiger partial charge in [-0.3, -0.25) is 0 Å². The summed E-state index contributed by atoms with van der Waals surface area (Å²) in [5, 5.41) is 18.4. The van der Waals surface area contributed by atoms with Crippen LogP contribution in [0.4, 0.5) is 5.95 Å². The molecule has 0 saturated heterocycles. The fraction of sp³-hybridized carbons (Fsp3) is 0.273. The molecule has 98 valence electrons. The van der Waals surface area contributed by atoms with Gasteiger partial charge in [0.1, 0.15) is 6.04 Å². The third kappa shape index (κ3) is 1.80. The van der Waals surface area contributed by atoms with Crippen molar-refractivity contribution in [1.29, 1.82) is 0 Å². The maximum Gasteiger partial charge on any atom is 0.338 e. The predicted octanol–water partition coefficient (Wildman–Crippen LogP) is 1.20. The van der Waals surface area contributed by atoms with Gasteiger partial charge in [0.2, 0.25) is 5.95 Å². The molecule has 0 radical (unpaired) electrons. The van der Waals surface area contributed by atoms with Gasteiger partial charge in [0, 0.05) is 5.70 Å². The van der Waals surface area contributed by atoms with E-state index in [1.807, 2.05) is 23.8 Å². The highest BCUT2D eigenvalue weighted by Gasteiger charge is 2.34. The van der Waals surface area contributed by atoms with Crippen molar-refractivity contribution >= 4 is 23.3 Å². The molecule has 1 atom stereocenters. The summed E-state index contributed by atoms with van der Waals surface area (Å²) in [7, 11) is 1.36. The van der Waals surface area contributed by atoms with E-state index >= 15 is 0 Å². The van der Waals surface area contributed by atoms with Crippen molar-refractivity contribution in [3.63, 3.8) is 0 Å². The number of thiophene rings is 1. The molecule has 1 N–H and O–H groups in total. The lowest BCUT2D eigenvalue weighted by atomic mass is 9.98. The number of hydrogen-bond donors (Lipinski definition) is 1. The number of aromatic nitrogens is 4. The van der Waals surface area contributed by atoms with Crippen molar-refractivity contribution in [1.82, 2.24) is 20.2 Å². The van der Waals surface area contributed by atoms with E-state index in [-0.39, 0.29) is 12.0 Å². The van der Waals surface area contributed by atoms with Crippen LogP contribution in [0.3, 0.4) is 0 Å². The van der Waals surface area contributed by atoms with Gasteiger partial charge in [0.15, 0.2) is 0 Å². The minimum absolute atomic E-state index is 0.357. The Morgan fingerprint density at radius 3 is 3.11 bits per heavy atom. The summed E-state index contributed by atoms with van der Waals surface area (Å²) in [4.78, 5) is 12.0. The van der Waals surface area contributed by atoms with Crippen molar-refractivity contribution in [2.24, 2.45) is 0 Å². The Balaban J connectivity index is 2.18. The molecule has 0 bridgehead atoms. The number of allylic oxidation sites excluding steroid dienone is 1. The number of nitrogens with zero attached hydrogens (tertiary/aromatic N) is 4. The van der Waals surface area contributed by atoms with Crippen molar-refractivity contribution in [2.75, 3.05) is 12.4 Å². The summed E-state index contributed by atoms with van der Waals surface area (Å²) in [6.45, 7) is 1.81. The Hall–Kier alpha value is -2.22. The Kier molecular flexibility index (Phi) is 2.79. The average Bonchev–Trinajstić information content (AvgIpc) is 3.06. The topological polar surface area (TPSA) is 81.9 Å². The Morgan fingerprint density at radius 1 is 1.58 bits per heavy atom. The van der Waals surface area contributed by atoms with Crippen LogP contribution in [0.2, 0.25) is 0 Å². The minimum atomic E-state index is -0.387. The molecule has 8 heteroatoms. The maximum atomic E-state index is 12.0. The number of methoxy groups -OCH3 is 1. The highest BCUT2D eigenvalue weighted by Crippen LogP contribution is 2.35. The summed E-state index contributed by atoms with van der Waals surface area (Å²) >= 11 is 1.56. The second-order valence-electron chi connectivity index (χ2n) is 4.06. The zero-order chi connectivity index (χ0) is 13.4. The molecular weight excluding hydrogens is 266 g/mol. The third-order valence-electron chi connectivity index (χ3n) is 2.98. The van der Waals surface area contributed by atoms with Gasteiger partial charge in [-0.05, 0) is 39.7 Å². The van der Waals surface area contributed by atoms with Crippen molar-refractivity contribution in [2.45, 2.75) is 13.0 Å². The molecule has 0 fully saturated rings. The van der Waals surface area contributed by atoms with Gasteiger partial charge in [-0.25, -0.2) is 4.79 Å². The lowest BCUT2D eigenvalue weighted by Crippen LogP contribution is -2.29. The number of tetrazole rings is 1. The van der Waals surface area contributed by atoms with Gasteiger partial charge in [0.25, 0.3) is 0 Å². The SMILES string of the molecule is COC(=O)C1=C(C)Nc2nnnn2[C@@H]1c1ccsc1. The molecule has 0 aromatic carbocycles. The fourth-order valence-electron chi connectivity index (χ4n) is 2.13. The van der Waals surface area contributed by atoms with Crippen LogP contribution < -0.4 is 5.32 Å². The first kappa shape index (κ1) is 11.8. The molecule has 1 aliphatic heterocycles. The molecule has 0 aliphatic carbocycles. The molecule has 3 heterocycles. The van der Waals surface area contributed by atoms with Crippen LogP contribution in [-0.4, -0.2) is 33.3 Å². The van der Waals surface area contributed by atoms with Gasteiger partial charge in [-0.15, -0.1) is 0 Å². The smallest absolute Gasteiger partial charge is 0.338 e. The summed E-state index contributed by atoms with van der Waals surface area (Å²) in [5.41, 5.74) is 2.17. The summed E-state index contributed by atoms with van der Waals surface area (Å²) in [6.07, 6.45) is 0. The van der Waals surface area contributed by atoms with Crippen molar-refractivity contribution < 1.29 is 9.53 Å². The fourth-order valence-corrected chi connectivity index (χ4v) is 2.80. The number of carbonyl (C=O) groups is 1. The van der Waals surface area contributed by atoms with Crippen molar-refractivity contribution in [3.05, 3.63) is 33.7 Å². The number of carbonyl (C=O) groups excluding carboxylic acids is 1. The van der Waals surface area contributed by atoms with E-state index in [0.717, 1.165) is 5.56 Å². The molecule has 0 unspecified atom stereocenters. The monoisotopic (exact) mass is 277 g/mol. The Morgan fingerprint density at radius 2 is 2.42 bits per heavy atom. The van der Waals surface area contributed by atoms with Crippen LogP contribution >= 0.6 is 11.3 Å². The lowest BCUT2D eigenvalue weighted by molar-refractivity contribution is -0.136. The molecule has 0 spiro atoms. The highest BCUT2D eigenvalue weighted by atomic mass is 32.1. The molecule has 1 aliphatic rings. The van der Waals surface area contributed by atoms with Crippen LogP contribution in [0.5, 0.6) is 0 Å². The number of rotatable bonds is 2. The third-order valence-corrected chi connectivity index (χ3v) is 3.68. The van der Waals surface area contributed by atoms with E-state index in [9.17, 15) is 4.79 Å². The second-order valence-corrected chi connectivity index (χ2v) is 4.84. The van der Waals surface area contributed by atoms with Crippen LogP contribution in [0.15, 0.2) is 28.1 Å². The number of ether oxygens (including phenoxy) is 1. The predicted molar refractivity (Wildman–Crippen MR) is 68.6 cm³/mol. The van der Waals surface area contributed by atoms with E-state index in [4.69, 9.17) is 4.74 Å². The highest BCUT2D eigenvalue weighted by molar-refractivity contribution is 7.08. The van der Waals surface area contributed by atoms with E-state index in [0.29, 0.717) is 17.2 Å². The van der Waals surface area contributed by atoms with Crippen molar-refractivity contribution in [3.8, 4) is 0 Å². The number of fused-ring (bicyclic) bond motifs is 1. The normalized spacial score (nSPS) is 17.9. The number of nitrogens with one attached hydrogen (secondary N) is 1. The molecule has 19 heavy (non-hydrogen) atoms. The largest absolute Gasteiger partial charge is 0.466 e. The zero-order valence-corrected chi connectivity index (χ0v) is 11.1. The van der Waals surface area contributed by atoms with Gasteiger partial charge in [-0.1, -0.05) is 5.10 Å². The zero-order valence-electron chi connectivity index (χ0n) is 10.3. The van der Waals surface area contributed by atoms with E-state index in [1.165, 1.54) is 7.11 Å². The Bertz CT molecular complexity index is 646. The maximum absolute atomic E-state index is 12.0. The van der Waals surface area contributed by atoms with Gasteiger partial charge >= 0.3 is 5.97 Å². The van der Waals surface area contributed by atoms with Crippen LogP contribution in [-0.2, 0) is 9.53 Å². The molecule has 3 rings (SSSR count). The van der Waals surface area contributed by atoms with Crippen LogP contribution in [0.1, 0.15) is 18.5 Å². The van der Waals surface area contributed by atoms with E-state index in [2.05, 4.69) is 20.8 Å². The Labute approximate surface area is 112 Å². The quantitative estimate of drug-likeness (QED) is 0.830. The minimum Gasteiger partial charge on any atom is -0.466 e. The van der Waals surface area contributed by atoms with E-state index < -0.39 is 0 Å². The molecule has 7 nitrogen and oxygen atoms in total. The van der Waals surface area contributed by atoms with Crippen LogP contribution in [0.25, 0.3) is 0 Å². The number of anilines is 1.